The van der Waals surface area contributed by atoms with Gasteiger partial charge < -0.3 is 4.74 Å². The summed E-state index contributed by atoms with van der Waals surface area (Å²) in [6.45, 7) is 13.7. The van der Waals surface area contributed by atoms with Crippen LogP contribution in [0.15, 0.2) is 11.8 Å². The lowest BCUT2D eigenvalue weighted by atomic mass is 10.2. The van der Waals surface area contributed by atoms with E-state index in [4.69, 9.17) is 4.74 Å². The summed E-state index contributed by atoms with van der Waals surface area (Å²) in [5, 5.41) is 0. The zero-order valence-corrected chi connectivity index (χ0v) is 11.6. The van der Waals surface area contributed by atoms with Gasteiger partial charge in [0.25, 0.3) is 0 Å². The Bertz CT molecular complexity index is 262. The molecule has 0 rings (SSSR count). The quantitative estimate of drug-likeness (QED) is 0.730. The van der Waals surface area contributed by atoms with E-state index in [1.807, 2.05) is 47.7 Å². The smallest absolute Gasteiger partial charge is 0.414 e. The Morgan fingerprint density at radius 2 is 1.88 bits per heavy atom. The number of amides is 1. The standard InChI is InChI=1S/C13H25NO2/c1-8-11(4)9-14(10(2)3)12(15)16-13(5,6)7/h9-10H,8H2,1-7H3. The van der Waals surface area contributed by atoms with Gasteiger partial charge in [-0.25, -0.2) is 4.79 Å². The first-order valence-corrected chi connectivity index (χ1v) is 5.86. The second-order valence-corrected chi connectivity index (χ2v) is 5.31. The van der Waals surface area contributed by atoms with E-state index in [1.165, 1.54) is 5.57 Å². The van der Waals surface area contributed by atoms with E-state index in [1.54, 1.807) is 4.90 Å². The third-order valence-corrected chi connectivity index (χ3v) is 2.08. The number of rotatable bonds is 3. The first-order valence-electron chi connectivity index (χ1n) is 5.86. The molecule has 0 aliphatic heterocycles. The number of nitrogens with zero attached hydrogens (tertiary/aromatic N) is 1. The van der Waals surface area contributed by atoms with E-state index in [0.29, 0.717) is 0 Å². The van der Waals surface area contributed by atoms with Crippen LogP contribution in [0.25, 0.3) is 0 Å². The maximum atomic E-state index is 11.9. The molecule has 3 nitrogen and oxygen atoms in total. The van der Waals surface area contributed by atoms with Gasteiger partial charge in [0.1, 0.15) is 5.60 Å². The lowest BCUT2D eigenvalue weighted by Crippen LogP contribution is -2.37. The molecule has 94 valence electrons. The van der Waals surface area contributed by atoms with Gasteiger partial charge >= 0.3 is 6.09 Å². The van der Waals surface area contributed by atoms with Crippen molar-refractivity contribution in [2.75, 3.05) is 0 Å². The Kier molecular flexibility index (Phi) is 5.56. The summed E-state index contributed by atoms with van der Waals surface area (Å²) in [5.41, 5.74) is 0.720. The second-order valence-electron chi connectivity index (χ2n) is 5.31. The molecule has 0 radical (unpaired) electrons. The van der Waals surface area contributed by atoms with Crippen LogP contribution in [0, 0.1) is 0 Å². The van der Waals surface area contributed by atoms with E-state index in [9.17, 15) is 4.79 Å². The summed E-state index contributed by atoms with van der Waals surface area (Å²) in [7, 11) is 0. The van der Waals surface area contributed by atoms with Crippen LogP contribution in [0.5, 0.6) is 0 Å². The number of carbonyl (C=O) groups excluding carboxylic acids is 1. The normalized spacial score (nSPS) is 12.9. The summed E-state index contributed by atoms with van der Waals surface area (Å²) in [5.74, 6) is 0. The molecular formula is C13H25NO2. The molecule has 0 saturated heterocycles. The van der Waals surface area contributed by atoms with Crippen molar-refractivity contribution in [3.63, 3.8) is 0 Å². The molecule has 0 aliphatic rings. The van der Waals surface area contributed by atoms with Gasteiger partial charge in [-0.15, -0.1) is 0 Å². The van der Waals surface area contributed by atoms with Crippen LogP contribution in [0.3, 0.4) is 0 Å². The molecule has 3 heteroatoms. The number of carbonyl (C=O) groups is 1. The fraction of sp³-hybridized carbons (Fsp3) is 0.769. The molecule has 0 heterocycles. The first kappa shape index (κ1) is 15.0. The van der Waals surface area contributed by atoms with Gasteiger partial charge in [-0.05, 0) is 48.0 Å². The molecule has 0 aromatic rings. The molecule has 0 aromatic heterocycles. The van der Waals surface area contributed by atoms with Crippen LogP contribution in [-0.4, -0.2) is 22.6 Å². The van der Waals surface area contributed by atoms with E-state index >= 15 is 0 Å². The van der Waals surface area contributed by atoms with Crippen LogP contribution in [0.4, 0.5) is 4.79 Å². The average Bonchev–Trinajstić information content (AvgIpc) is 2.09. The van der Waals surface area contributed by atoms with E-state index < -0.39 is 5.60 Å². The Hall–Kier alpha value is -0.990. The van der Waals surface area contributed by atoms with E-state index in [2.05, 4.69) is 6.92 Å². The van der Waals surface area contributed by atoms with Gasteiger partial charge in [0.2, 0.25) is 0 Å². The van der Waals surface area contributed by atoms with Crippen molar-refractivity contribution in [2.45, 2.75) is 66.5 Å². The molecule has 0 saturated carbocycles. The molecule has 0 unspecified atom stereocenters. The Balaban J connectivity index is 4.74. The highest BCUT2D eigenvalue weighted by atomic mass is 16.6. The number of hydrogen-bond acceptors (Lipinski definition) is 2. The fourth-order valence-corrected chi connectivity index (χ4v) is 1.06. The molecule has 0 atom stereocenters. The van der Waals surface area contributed by atoms with Crippen LogP contribution < -0.4 is 0 Å². The van der Waals surface area contributed by atoms with Crippen molar-refractivity contribution in [1.29, 1.82) is 0 Å². The molecule has 0 fully saturated rings. The van der Waals surface area contributed by atoms with E-state index in [-0.39, 0.29) is 12.1 Å². The predicted molar refractivity (Wildman–Crippen MR) is 67.3 cm³/mol. The highest BCUT2D eigenvalue weighted by Crippen LogP contribution is 2.14. The fourth-order valence-electron chi connectivity index (χ4n) is 1.06. The third-order valence-electron chi connectivity index (χ3n) is 2.08. The Morgan fingerprint density at radius 3 is 2.19 bits per heavy atom. The summed E-state index contributed by atoms with van der Waals surface area (Å²) in [6, 6.07) is 0.108. The number of allylic oxidation sites excluding steroid dienone is 1. The van der Waals surface area contributed by atoms with Crippen LogP contribution in [-0.2, 0) is 4.74 Å². The molecule has 1 amide bonds. The summed E-state index contributed by atoms with van der Waals surface area (Å²) in [4.78, 5) is 13.6. The average molecular weight is 227 g/mol. The maximum absolute atomic E-state index is 11.9. The predicted octanol–water partition coefficient (Wildman–Crippen LogP) is 3.95. The molecule has 0 bridgehead atoms. The Labute approximate surface area is 99.5 Å². The maximum Gasteiger partial charge on any atom is 0.414 e. The van der Waals surface area contributed by atoms with Gasteiger partial charge in [0.05, 0.1) is 0 Å². The van der Waals surface area contributed by atoms with Crippen molar-refractivity contribution >= 4 is 6.09 Å². The minimum atomic E-state index is -0.446. The summed E-state index contributed by atoms with van der Waals surface area (Å²) >= 11 is 0. The largest absolute Gasteiger partial charge is 0.443 e. The number of ether oxygens (including phenoxy) is 1. The van der Waals surface area contributed by atoms with Crippen molar-refractivity contribution < 1.29 is 9.53 Å². The van der Waals surface area contributed by atoms with Gasteiger partial charge in [0.15, 0.2) is 0 Å². The van der Waals surface area contributed by atoms with Gasteiger partial charge in [-0.2, -0.15) is 0 Å². The zero-order chi connectivity index (χ0) is 12.9. The van der Waals surface area contributed by atoms with Gasteiger partial charge in [0, 0.05) is 12.2 Å². The van der Waals surface area contributed by atoms with Crippen LogP contribution in [0.1, 0.15) is 54.9 Å². The lowest BCUT2D eigenvalue weighted by molar-refractivity contribution is 0.0290. The van der Waals surface area contributed by atoms with Crippen molar-refractivity contribution in [2.24, 2.45) is 0 Å². The highest BCUT2D eigenvalue weighted by molar-refractivity contribution is 5.69. The summed E-state index contributed by atoms with van der Waals surface area (Å²) < 4.78 is 5.35. The molecule has 0 aromatic carbocycles. The molecular weight excluding hydrogens is 202 g/mol. The topological polar surface area (TPSA) is 29.5 Å². The Morgan fingerprint density at radius 1 is 1.38 bits per heavy atom. The molecule has 0 spiro atoms. The minimum Gasteiger partial charge on any atom is -0.443 e. The first-order chi connectivity index (χ1) is 7.17. The lowest BCUT2D eigenvalue weighted by Gasteiger charge is -2.28. The zero-order valence-electron chi connectivity index (χ0n) is 11.6. The SMILES string of the molecule is CCC(C)=CN(C(=O)OC(C)(C)C)C(C)C. The summed E-state index contributed by atoms with van der Waals surface area (Å²) in [6.07, 6.45) is 2.53. The van der Waals surface area contributed by atoms with Crippen molar-refractivity contribution in [3.05, 3.63) is 11.8 Å². The second kappa shape index (κ2) is 5.92. The van der Waals surface area contributed by atoms with Crippen molar-refractivity contribution in [1.82, 2.24) is 4.90 Å². The van der Waals surface area contributed by atoms with Crippen LogP contribution >= 0.6 is 0 Å². The van der Waals surface area contributed by atoms with Crippen molar-refractivity contribution in [3.8, 4) is 0 Å². The molecule has 16 heavy (non-hydrogen) atoms. The third kappa shape index (κ3) is 5.79. The monoisotopic (exact) mass is 227 g/mol. The van der Waals surface area contributed by atoms with Crippen LogP contribution in [0.2, 0.25) is 0 Å². The number of hydrogen-bond donors (Lipinski definition) is 0. The van der Waals surface area contributed by atoms with Gasteiger partial charge in [-0.1, -0.05) is 12.5 Å². The van der Waals surface area contributed by atoms with E-state index in [0.717, 1.165) is 6.42 Å². The van der Waals surface area contributed by atoms with Gasteiger partial charge in [-0.3, -0.25) is 4.90 Å². The molecule has 0 aliphatic carbocycles. The molecule has 0 N–H and O–H groups in total. The highest BCUT2D eigenvalue weighted by Gasteiger charge is 2.22. The minimum absolute atomic E-state index is 0.108.